The molecule has 2 aromatic rings. The summed E-state index contributed by atoms with van der Waals surface area (Å²) in [5.41, 5.74) is 2.59. The van der Waals surface area contributed by atoms with E-state index in [-0.39, 0.29) is 11.4 Å². The maximum atomic E-state index is 12.7. The molecule has 0 bridgehead atoms. The molecule has 1 aromatic heterocycles. The lowest BCUT2D eigenvalue weighted by molar-refractivity contribution is 0.0898. The number of aromatic nitrogens is 1. The molecule has 0 aliphatic heterocycles. The Balaban J connectivity index is 1.92. The van der Waals surface area contributed by atoms with Gasteiger partial charge in [-0.25, -0.2) is 0 Å². The predicted molar refractivity (Wildman–Crippen MR) is 88.0 cm³/mol. The first-order chi connectivity index (χ1) is 10.6. The van der Waals surface area contributed by atoms with Crippen LogP contribution in [0.2, 0.25) is 5.02 Å². The molecule has 0 spiro atoms. The highest BCUT2D eigenvalue weighted by Crippen LogP contribution is 2.39. The standard InChI is InChI=1S/C18H19ClN2O/c1-13-5-4-6-14(11-13)18(8-2-3-9-18)21-17(22)15-7-10-20-12-16(15)19/h4-7,10-12H,2-3,8-9H2,1H3,(H,21,22). The Bertz CT molecular complexity index is 693. The number of carbonyl (C=O) groups excluding carboxylic acids is 1. The number of hydrogen-bond donors (Lipinski definition) is 1. The molecule has 1 amide bonds. The lowest BCUT2D eigenvalue weighted by Crippen LogP contribution is -2.44. The summed E-state index contributed by atoms with van der Waals surface area (Å²) in [5, 5.41) is 3.63. The Labute approximate surface area is 135 Å². The number of nitrogens with one attached hydrogen (secondary N) is 1. The molecule has 1 saturated carbocycles. The molecule has 1 fully saturated rings. The second-order valence-corrected chi connectivity index (χ2v) is 6.38. The Morgan fingerprint density at radius 3 is 2.73 bits per heavy atom. The molecule has 0 saturated heterocycles. The monoisotopic (exact) mass is 314 g/mol. The Morgan fingerprint density at radius 2 is 2.05 bits per heavy atom. The van der Waals surface area contributed by atoms with Crippen molar-refractivity contribution in [1.82, 2.24) is 10.3 Å². The number of rotatable bonds is 3. The van der Waals surface area contributed by atoms with Crippen LogP contribution in [0.15, 0.2) is 42.7 Å². The highest BCUT2D eigenvalue weighted by Gasteiger charge is 2.37. The first kappa shape index (κ1) is 15.0. The minimum absolute atomic E-state index is 0.129. The van der Waals surface area contributed by atoms with Crippen molar-refractivity contribution in [3.05, 3.63) is 64.4 Å². The molecule has 0 unspecified atom stereocenters. The van der Waals surface area contributed by atoms with Gasteiger partial charge < -0.3 is 5.32 Å². The van der Waals surface area contributed by atoms with Crippen LogP contribution in [0.1, 0.15) is 47.2 Å². The van der Waals surface area contributed by atoms with Gasteiger partial charge in [0, 0.05) is 12.4 Å². The van der Waals surface area contributed by atoms with Gasteiger partial charge in [-0.1, -0.05) is 54.3 Å². The summed E-state index contributed by atoms with van der Waals surface area (Å²) >= 11 is 6.10. The molecule has 0 atom stereocenters. The number of pyridine rings is 1. The van der Waals surface area contributed by atoms with E-state index in [1.165, 1.54) is 17.3 Å². The summed E-state index contributed by atoms with van der Waals surface area (Å²) in [7, 11) is 0. The van der Waals surface area contributed by atoms with Crippen molar-refractivity contribution >= 4 is 17.5 Å². The molecule has 1 aliphatic carbocycles. The maximum absolute atomic E-state index is 12.7. The number of halogens is 1. The zero-order valence-electron chi connectivity index (χ0n) is 12.6. The molecular formula is C18H19ClN2O. The van der Waals surface area contributed by atoms with Crippen molar-refractivity contribution in [2.45, 2.75) is 38.1 Å². The topological polar surface area (TPSA) is 42.0 Å². The molecule has 0 radical (unpaired) electrons. The van der Waals surface area contributed by atoms with Crippen LogP contribution in [0.4, 0.5) is 0 Å². The van der Waals surface area contributed by atoms with Crippen molar-refractivity contribution in [2.24, 2.45) is 0 Å². The molecular weight excluding hydrogens is 296 g/mol. The number of amides is 1. The van der Waals surface area contributed by atoms with Crippen molar-refractivity contribution in [3.8, 4) is 0 Å². The fraction of sp³-hybridized carbons (Fsp3) is 0.333. The molecule has 1 heterocycles. The van der Waals surface area contributed by atoms with Crippen LogP contribution in [0.3, 0.4) is 0 Å². The summed E-state index contributed by atoms with van der Waals surface area (Å²) in [6, 6.07) is 10.1. The quantitative estimate of drug-likeness (QED) is 0.920. The molecule has 3 rings (SSSR count). The van der Waals surface area contributed by atoms with E-state index >= 15 is 0 Å². The minimum Gasteiger partial charge on any atom is -0.342 e. The predicted octanol–water partition coefficient (Wildman–Crippen LogP) is 4.24. The van der Waals surface area contributed by atoms with Crippen molar-refractivity contribution in [2.75, 3.05) is 0 Å². The maximum Gasteiger partial charge on any atom is 0.253 e. The first-order valence-corrected chi connectivity index (χ1v) is 7.98. The molecule has 1 N–H and O–H groups in total. The van der Waals surface area contributed by atoms with E-state index < -0.39 is 0 Å². The summed E-state index contributed by atoms with van der Waals surface area (Å²) in [6.45, 7) is 2.08. The third-order valence-corrected chi connectivity index (χ3v) is 4.70. The zero-order valence-corrected chi connectivity index (χ0v) is 13.4. The van der Waals surface area contributed by atoms with Gasteiger partial charge in [0.25, 0.3) is 5.91 Å². The number of aryl methyl sites for hydroxylation is 1. The molecule has 3 nitrogen and oxygen atoms in total. The fourth-order valence-corrected chi connectivity index (χ4v) is 3.46. The Kier molecular flexibility index (Phi) is 4.16. The van der Waals surface area contributed by atoms with E-state index in [9.17, 15) is 4.79 Å². The van der Waals surface area contributed by atoms with Crippen molar-refractivity contribution in [3.63, 3.8) is 0 Å². The fourth-order valence-electron chi connectivity index (χ4n) is 3.25. The van der Waals surface area contributed by atoms with Crippen LogP contribution in [0.5, 0.6) is 0 Å². The molecule has 114 valence electrons. The van der Waals surface area contributed by atoms with E-state index in [0.29, 0.717) is 10.6 Å². The molecule has 1 aliphatic rings. The normalized spacial score (nSPS) is 16.5. The summed E-state index contributed by atoms with van der Waals surface area (Å²) in [6.07, 6.45) is 7.27. The molecule has 4 heteroatoms. The van der Waals surface area contributed by atoms with Gasteiger partial charge in [0.05, 0.1) is 16.1 Å². The van der Waals surface area contributed by atoms with Gasteiger partial charge in [-0.3, -0.25) is 9.78 Å². The van der Waals surface area contributed by atoms with Crippen LogP contribution in [0, 0.1) is 6.92 Å². The third kappa shape index (κ3) is 2.86. The van der Waals surface area contributed by atoms with Gasteiger partial charge in [-0.15, -0.1) is 0 Å². The van der Waals surface area contributed by atoms with Crippen molar-refractivity contribution in [1.29, 1.82) is 0 Å². The van der Waals surface area contributed by atoms with Gasteiger partial charge in [-0.05, 0) is 31.4 Å². The van der Waals surface area contributed by atoms with E-state index in [0.717, 1.165) is 25.7 Å². The van der Waals surface area contributed by atoms with Crippen LogP contribution in [-0.2, 0) is 5.54 Å². The number of benzene rings is 1. The molecule has 1 aromatic carbocycles. The average Bonchev–Trinajstić information content (AvgIpc) is 2.97. The SMILES string of the molecule is Cc1cccc(C2(NC(=O)c3ccncc3Cl)CCCC2)c1. The second-order valence-electron chi connectivity index (χ2n) is 5.97. The smallest absolute Gasteiger partial charge is 0.253 e. The summed E-state index contributed by atoms with van der Waals surface area (Å²) < 4.78 is 0. The second kappa shape index (κ2) is 6.09. The van der Waals surface area contributed by atoms with Gasteiger partial charge in [0.1, 0.15) is 0 Å². The number of hydrogen-bond acceptors (Lipinski definition) is 2. The van der Waals surface area contributed by atoms with Gasteiger partial charge in [0.15, 0.2) is 0 Å². The summed E-state index contributed by atoms with van der Waals surface area (Å²) in [4.78, 5) is 16.6. The van der Waals surface area contributed by atoms with Crippen LogP contribution < -0.4 is 5.32 Å². The van der Waals surface area contributed by atoms with E-state index in [1.54, 1.807) is 12.3 Å². The third-order valence-electron chi connectivity index (χ3n) is 4.40. The van der Waals surface area contributed by atoms with E-state index in [1.807, 2.05) is 0 Å². The van der Waals surface area contributed by atoms with Crippen LogP contribution in [0.25, 0.3) is 0 Å². The summed E-state index contributed by atoms with van der Waals surface area (Å²) in [5.74, 6) is -0.129. The average molecular weight is 315 g/mol. The van der Waals surface area contributed by atoms with E-state index in [2.05, 4.69) is 41.5 Å². The Morgan fingerprint density at radius 1 is 1.27 bits per heavy atom. The van der Waals surface area contributed by atoms with Gasteiger partial charge in [-0.2, -0.15) is 0 Å². The Hall–Kier alpha value is -1.87. The zero-order chi connectivity index (χ0) is 15.6. The lowest BCUT2D eigenvalue weighted by atomic mass is 9.87. The van der Waals surface area contributed by atoms with Gasteiger partial charge in [0.2, 0.25) is 0 Å². The lowest BCUT2D eigenvalue weighted by Gasteiger charge is -2.31. The highest BCUT2D eigenvalue weighted by molar-refractivity contribution is 6.33. The van der Waals surface area contributed by atoms with Crippen LogP contribution in [-0.4, -0.2) is 10.9 Å². The first-order valence-electron chi connectivity index (χ1n) is 7.60. The number of nitrogens with zero attached hydrogens (tertiary/aromatic N) is 1. The number of carbonyl (C=O) groups is 1. The minimum atomic E-state index is -0.282. The van der Waals surface area contributed by atoms with Crippen molar-refractivity contribution < 1.29 is 4.79 Å². The largest absolute Gasteiger partial charge is 0.342 e. The van der Waals surface area contributed by atoms with E-state index in [4.69, 9.17) is 11.6 Å². The molecule has 22 heavy (non-hydrogen) atoms. The highest BCUT2D eigenvalue weighted by atomic mass is 35.5. The van der Waals surface area contributed by atoms with Crippen LogP contribution >= 0.6 is 11.6 Å². The van der Waals surface area contributed by atoms with Gasteiger partial charge >= 0.3 is 0 Å².